The van der Waals surface area contributed by atoms with Crippen molar-refractivity contribution in [2.75, 3.05) is 14.1 Å². The number of carboxylic acids is 1. The third kappa shape index (κ3) is 5.47. The minimum Gasteiger partial charge on any atom is -0.480 e. The van der Waals surface area contributed by atoms with Gasteiger partial charge in [-0.15, -0.1) is 5.10 Å². The predicted octanol–water partition coefficient (Wildman–Crippen LogP) is -1.36. The van der Waals surface area contributed by atoms with E-state index in [9.17, 15) is 14.4 Å². The minimum atomic E-state index is -1.03. The highest BCUT2D eigenvalue weighted by atomic mass is 16.4. The van der Waals surface area contributed by atoms with Crippen molar-refractivity contribution in [2.45, 2.75) is 26.1 Å². The van der Waals surface area contributed by atoms with Gasteiger partial charge in [0, 0.05) is 14.1 Å². The molecular weight excluding hydrogens is 280 g/mol. The van der Waals surface area contributed by atoms with Crippen LogP contribution in [0.25, 0.3) is 0 Å². The van der Waals surface area contributed by atoms with Gasteiger partial charge in [0.05, 0.1) is 12.7 Å². The summed E-state index contributed by atoms with van der Waals surface area (Å²) in [6, 6.07) is -1.17. The van der Waals surface area contributed by atoms with Gasteiger partial charge in [-0.3, -0.25) is 9.59 Å². The van der Waals surface area contributed by atoms with Gasteiger partial charge in [0.15, 0.2) is 0 Å². The van der Waals surface area contributed by atoms with Gasteiger partial charge in [-0.1, -0.05) is 5.21 Å². The maximum atomic E-state index is 11.6. The largest absolute Gasteiger partial charge is 0.480 e. The molecule has 21 heavy (non-hydrogen) atoms. The van der Waals surface area contributed by atoms with Crippen LogP contribution in [0.5, 0.6) is 0 Å². The lowest BCUT2D eigenvalue weighted by molar-refractivity contribution is -0.138. The highest BCUT2D eigenvalue weighted by Crippen LogP contribution is 1.93. The third-order valence-electron chi connectivity index (χ3n) is 2.47. The quantitative estimate of drug-likeness (QED) is 0.594. The van der Waals surface area contributed by atoms with E-state index in [1.165, 1.54) is 11.1 Å². The first-order valence-electron chi connectivity index (χ1n) is 6.16. The lowest BCUT2D eigenvalue weighted by Crippen LogP contribution is -2.47. The Bertz CT molecular complexity index is 527. The molecular formula is C11H18N6O4. The van der Waals surface area contributed by atoms with Crippen molar-refractivity contribution < 1.29 is 19.5 Å². The molecule has 3 amide bonds. The molecule has 116 valence electrons. The maximum Gasteiger partial charge on any atom is 0.325 e. The monoisotopic (exact) mass is 298 g/mol. The van der Waals surface area contributed by atoms with Gasteiger partial charge in [-0.2, -0.15) is 0 Å². The molecule has 3 N–H and O–H groups in total. The zero-order chi connectivity index (χ0) is 16.0. The molecule has 0 spiro atoms. The average Bonchev–Trinajstić information content (AvgIpc) is 2.81. The van der Waals surface area contributed by atoms with Gasteiger partial charge >= 0.3 is 12.0 Å². The molecule has 1 aromatic heterocycles. The van der Waals surface area contributed by atoms with Gasteiger partial charge in [-0.05, 0) is 6.92 Å². The van der Waals surface area contributed by atoms with E-state index in [1.54, 1.807) is 21.0 Å². The second kappa shape index (κ2) is 7.22. The van der Waals surface area contributed by atoms with Crippen molar-refractivity contribution in [2.24, 2.45) is 0 Å². The Morgan fingerprint density at radius 2 is 2.10 bits per heavy atom. The molecule has 0 aliphatic heterocycles. The number of rotatable bonds is 6. The Morgan fingerprint density at radius 1 is 1.43 bits per heavy atom. The summed E-state index contributed by atoms with van der Waals surface area (Å²) in [5.74, 6) is -1.26. The number of hydrogen-bond acceptors (Lipinski definition) is 5. The number of carbonyl (C=O) groups is 3. The highest BCUT2D eigenvalue weighted by molar-refractivity contribution is 5.86. The molecule has 1 aromatic rings. The van der Waals surface area contributed by atoms with Crippen LogP contribution >= 0.6 is 0 Å². The first-order chi connectivity index (χ1) is 9.79. The van der Waals surface area contributed by atoms with E-state index in [4.69, 9.17) is 5.11 Å². The Kier molecular flexibility index (Phi) is 5.64. The first-order valence-corrected chi connectivity index (χ1v) is 6.16. The van der Waals surface area contributed by atoms with E-state index in [1.807, 2.05) is 0 Å². The number of urea groups is 1. The van der Waals surface area contributed by atoms with Crippen LogP contribution in [0.15, 0.2) is 6.20 Å². The smallest absolute Gasteiger partial charge is 0.325 e. The van der Waals surface area contributed by atoms with Gasteiger partial charge in [-0.25, -0.2) is 9.48 Å². The molecule has 1 atom stereocenters. The molecule has 0 saturated carbocycles. The molecule has 1 rings (SSSR count). The van der Waals surface area contributed by atoms with E-state index in [-0.39, 0.29) is 19.0 Å². The summed E-state index contributed by atoms with van der Waals surface area (Å²) in [6.45, 7) is 1.35. The molecule has 10 nitrogen and oxygen atoms in total. The number of hydrogen-bond donors (Lipinski definition) is 3. The van der Waals surface area contributed by atoms with E-state index >= 15 is 0 Å². The molecule has 1 unspecified atom stereocenters. The van der Waals surface area contributed by atoms with E-state index in [0.29, 0.717) is 5.69 Å². The molecule has 0 fully saturated rings. The summed E-state index contributed by atoms with van der Waals surface area (Å²) in [7, 11) is 3.19. The highest BCUT2D eigenvalue weighted by Gasteiger charge is 2.17. The number of nitrogens with zero attached hydrogens (tertiary/aromatic N) is 4. The van der Waals surface area contributed by atoms with Crippen LogP contribution in [0, 0.1) is 0 Å². The van der Waals surface area contributed by atoms with Gasteiger partial charge in [0.25, 0.3) is 0 Å². The summed E-state index contributed by atoms with van der Waals surface area (Å²) in [6.07, 6.45) is 1.42. The second-order valence-electron chi connectivity index (χ2n) is 4.58. The van der Waals surface area contributed by atoms with Crippen LogP contribution < -0.4 is 10.6 Å². The molecule has 0 saturated heterocycles. The van der Waals surface area contributed by atoms with Crippen LogP contribution in [0.4, 0.5) is 4.79 Å². The number of likely N-dealkylation sites (N-methyl/N-ethyl adjacent to an activating group) is 1. The molecule has 1 heterocycles. The summed E-state index contributed by atoms with van der Waals surface area (Å²) in [5.41, 5.74) is 0.415. The van der Waals surface area contributed by atoms with Gasteiger partial charge in [0.2, 0.25) is 5.91 Å². The Labute approximate surface area is 121 Å². The van der Waals surface area contributed by atoms with E-state index in [2.05, 4.69) is 20.9 Å². The Balaban J connectivity index is 2.41. The van der Waals surface area contributed by atoms with Crippen LogP contribution in [0.3, 0.4) is 0 Å². The van der Waals surface area contributed by atoms with Gasteiger partial charge in [0.1, 0.15) is 18.3 Å². The van der Waals surface area contributed by atoms with Crippen LogP contribution in [0.2, 0.25) is 0 Å². The van der Waals surface area contributed by atoms with Crippen molar-refractivity contribution in [3.8, 4) is 0 Å². The molecule has 0 aromatic carbocycles. The number of carbonyl (C=O) groups excluding carboxylic acids is 2. The maximum absolute atomic E-state index is 11.6. The SMILES string of the molecule is CC(NC(=O)NCc1cn(CC(=O)O)nn1)C(=O)N(C)C. The summed E-state index contributed by atoms with van der Waals surface area (Å²) < 4.78 is 1.15. The first kappa shape index (κ1) is 16.4. The second-order valence-corrected chi connectivity index (χ2v) is 4.58. The lowest BCUT2D eigenvalue weighted by Gasteiger charge is -2.18. The minimum absolute atomic E-state index is 0.0777. The fourth-order valence-corrected chi connectivity index (χ4v) is 1.50. The van der Waals surface area contributed by atoms with Crippen LogP contribution in [-0.4, -0.2) is 63.0 Å². The third-order valence-corrected chi connectivity index (χ3v) is 2.47. The van der Waals surface area contributed by atoms with Crippen molar-refractivity contribution in [3.63, 3.8) is 0 Å². The normalized spacial score (nSPS) is 11.6. The molecule has 0 bridgehead atoms. The van der Waals surface area contributed by atoms with Crippen molar-refractivity contribution in [1.82, 2.24) is 30.5 Å². The molecule has 0 radical (unpaired) electrons. The summed E-state index contributed by atoms with van der Waals surface area (Å²) >= 11 is 0. The number of aliphatic carboxylic acids is 1. The fourth-order valence-electron chi connectivity index (χ4n) is 1.50. The predicted molar refractivity (Wildman–Crippen MR) is 71.2 cm³/mol. The van der Waals surface area contributed by atoms with Crippen molar-refractivity contribution >= 4 is 17.9 Å². The number of amides is 3. The average molecular weight is 298 g/mol. The molecule has 0 aliphatic carbocycles. The fraction of sp³-hybridized carbons (Fsp3) is 0.545. The van der Waals surface area contributed by atoms with Gasteiger partial charge < -0.3 is 20.6 Å². The summed E-state index contributed by atoms with van der Waals surface area (Å²) in [5, 5.41) is 20.9. The van der Waals surface area contributed by atoms with Crippen molar-refractivity contribution in [3.05, 3.63) is 11.9 Å². The van der Waals surface area contributed by atoms with Crippen LogP contribution in [0.1, 0.15) is 12.6 Å². The molecule has 0 aliphatic rings. The standard InChI is InChI=1S/C11H18N6O4/c1-7(10(20)16(2)3)13-11(21)12-4-8-5-17(15-14-8)6-9(18)19/h5,7H,4,6H2,1-3H3,(H,18,19)(H2,12,13,21). The topological polar surface area (TPSA) is 129 Å². The van der Waals surface area contributed by atoms with Crippen molar-refractivity contribution in [1.29, 1.82) is 0 Å². The molecule has 10 heteroatoms. The van der Waals surface area contributed by atoms with Crippen LogP contribution in [-0.2, 0) is 22.7 Å². The van der Waals surface area contributed by atoms with E-state index < -0.39 is 18.0 Å². The number of carboxylic acid groups (broad SMARTS) is 1. The zero-order valence-corrected chi connectivity index (χ0v) is 12.0. The lowest BCUT2D eigenvalue weighted by atomic mass is 10.3. The number of nitrogens with one attached hydrogen (secondary N) is 2. The van der Waals surface area contributed by atoms with E-state index in [0.717, 1.165) is 4.68 Å². The number of aromatic nitrogens is 3. The Morgan fingerprint density at radius 3 is 2.67 bits per heavy atom. The Hall–Kier alpha value is -2.65. The summed E-state index contributed by atoms with van der Waals surface area (Å²) in [4.78, 5) is 35.0. The zero-order valence-electron chi connectivity index (χ0n) is 12.0.